The Hall–Kier alpha value is -0.200. The van der Waals surface area contributed by atoms with E-state index in [1.54, 1.807) is 0 Å². The molecule has 2 saturated heterocycles. The Balaban J connectivity index is 1.70. The van der Waals surface area contributed by atoms with Crippen molar-refractivity contribution in [3.8, 4) is 0 Å². The van der Waals surface area contributed by atoms with Crippen molar-refractivity contribution in [2.24, 2.45) is 0 Å². The predicted octanol–water partition coefficient (Wildman–Crippen LogP) is -1.06. The van der Waals surface area contributed by atoms with Crippen LogP contribution in [0.4, 0.5) is 0 Å². The average Bonchev–Trinajstić information content (AvgIpc) is 2.29. The molecule has 3 N–H and O–H groups in total. The molecule has 5 heteroatoms. The Bertz CT molecular complexity index is 189. The molecule has 0 spiro atoms. The maximum atomic E-state index is 10.2. The molecule has 2 aliphatic heterocycles. The molecule has 0 aromatic rings. The van der Waals surface area contributed by atoms with E-state index in [-0.39, 0.29) is 0 Å². The summed E-state index contributed by atoms with van der Waals surface area (Å²) in [5.41, 5.74) is 2.78. The number of nitrogens with zero attached hydrogens (tertiary/aromatic N) is 1. The molecular formula is C10H21N3O2. The van der Waals surface area contributed by atoms with Crippen LogP contribution in [0.1, 0.15) is 12.8 Å². The first-order valence-corrected chi connectivity index (χ1v) is 5.78. The van der Waals surface area contributed by atoms with Gasteiger partial charge in [0.2, 0.25) is 0 Å². The minimum absolute atomic E-state index is 0.524. The minimum Gasteiger partial charge on any atom is -0.388 e. The average molecular weight is 215 g/mol. The monoisotopic (exact) mass is 215 g/mol. The zero-order valence-electron chi connectivity index (χ0n) is 9.17. The van der Waals surface area contributed by atoms with Gasteiger partial charge in [0.15, 0.2) is 0 Å². The van der Waals surface area contributed by atoms with Crippen molar-refractivity contribution in [3.05, 3.63) is 0 Å². The second kappa shape index (κ2) is 5.23. The third kappa shape index (κ3) is 3.39. The second-order valence-electron chi connectivity index (χ2n) is 4.41. The van der Waals surface area contributed by atoms with Gasteiger partial charge in [0.25, 0.3) is 0 Å². The van der Waals surface area contributed by atoms with Gasteiger partial charge in [-0.3, -0.25) is 5.43 Å². The van der Waals surface area contributed by atoms with E-state index >= 15 is 0 Å². The van der Waals surface area contributed by atoms with Crippen LogP contribution in [-0.2, 0) is 4.74 Å². The van der Waals surface area contributed by atoms with Crippen molar-refractivity contribution in [2.75, 3.05) is 45.9 Å². The third-order valence-electron chi connectivity index (χ3n) is 3.18. The van der Waals surface area contributed by atoms with E-state index in [0.717, 1.165) is 52.2 Å². The number of hydrazine groups is 1. The van der Waals surface area contributed by atoms with E-state index in [1.807, 2.05) is 0 Å². The number of hydrogen-bond donors (Lipinski definition) is 3. The van der Waals surface area contributed by atoms with Crippen molar-refractivity contribution < 1.29 is 9.84 Å². The summed E-state index contributed by atoms with van der Waals surface area (Å²) in [6.45, 7) is 5.89. The Morgan fingerprint density at radius 2 is 1.93 bits per heavy atom. The van der Waals surface area contributed by atoms with Gasteiger partial charge < -0.3 is 15.2 Å². The number of nitrogens with one attached hydrogen (secondary N) is 2. The van der Waals surface area contributed by atoms with E-state index < -0.39 is 5.60 Å². The zero-order valence-corrected chi connectivity index (χ0v) is 9.17. The number of piperidine rings is 1. The van der Waals surface area contributed by atoms with Crippen LogP contribution in [-0.4, -0.2) is 61.7 Å². The first-order chi connectivity index (χ1) is 7.29. The maximum Gasteiger partial charge on any atom is 0.0809 e. The molecule has 0 radical (unpaired) electrons. The number of ether oxygens (including phenoxy) is 1. The van der Waals surface area contributed by atoms with Gasteiger partial charge >= 0.3 is 0 Å². The molecule has 0 amide bonds. The number of morpholine rings is 1. The SMILES string of the molecule is OC1(CNN2CCOCC2)CCNCC1. The summed E-state index contributed by atoms with van der Waals surface area (Å²) in [4.78, 5) is 0. The highest BCUT2D eigenvalue weighted by Gasteiger charge is 2.29. The van der Waals surface area contributed by atoms with E-state index in [4.69, 9.17) is 4.74 Å². The fourth-order valence-corrected chi connectivity index (χ4v) is 2.05. The first-order valence-electron chi connectivity index (χ1n) is 5.78. The summed E-state index contributed by atoms with van der Waals surface area (Å²) in [6, 6.07) is 0. The molecule has 0 saturated carbocycles. The maximum absolute atomic E-state index is 10.2. The molecule has 0 aromatic carbocycles. The number of rotatable bonds is 3. The Morgan fingerprint density at radius 1 is 1.27 bits per heavy atom. The molecule has 0 aliphatic carbocycles. The van der Waals surface area contributed by atoms with Gasteiger partial charge in [-0.2, -0.15) is 0 Å². The predicted molar refractivity (Wildman–Crippen MR) is 57.4 cm³/mol. The summed E-state index contributed by atoms with van der Waals surface area (Å²) in [5, 5.41) is 15.6. The minimum atomic E-state index is -0.524. The Morgan fingerprint density at radius 3 is 2.60 bits per heavy atom. The topological polar surface area (TPSA) is 56.8 Å². The lowest BCUT2D eigenvalue weighted by molar-refractivity contribution is -0.0335. The van der Waals surface area contributed by atoms with Gasteiger partial charge in [-0.05, 0) is 25.9 Å². The quantitative estimate of drug-likeness (QED) is 0.560. The highest BCUT2D eigenvalue weighted by Crippen LogP contribution is 2.16. The largest absolute Gasteiger partial charge is 0.388 e. The number of hydrogen-bond acceptors (Lipinski definition) is 5. The Kier molecular flexibility index (Phi) is 3.93. The smallest absolute Gasteiger partial charge is 0.0809 e. The summed E-state index contributed by atoms with van der Waals surface area (Å²) in [6.07, 6.45) is 1.68. The molecule has 0 bridgehead atoms. The molecule has 2 heterocycles. The van der Waals surface area contributed by atoms with Crippen molar-refractivity contribution in [3.63, 3.8) is 0 Å². The van der Waals surface area contributed by atoms with E-state index in [0.29, 0.717) is 6.54 Å². The van der Waals surface area contributed by atoms with E-state index in [9.17, 15) is 5.11 Å². The van der Waals surface area contributed by atoms with Gasteiger partial charge in [0.05, 0.1) is 18.8 Å². The van der Waals surface area contributed by atoms with Gasteiger partial charge in [0, 0.05) is 19.6 Å². The summed E-state index contributed by atoms with van der Waals surface area (Å²) < 4.78 is 5.26. The molecule has 2 rings (SSSR count). The lowest BCUT2D eigenvalue weighted by atomic mass is 9.93. The molecular weight excluding hydrogens is 194 g/mol. The Labute approximate surface area is 90.7 Å². The highest BCUT2D eigenvalue weighted by atomic mass is 16.5. The van der Waals surface area contributed by atoms with Crippen molar-refractivity contribution in [1.82, 2.24) is 15.8 Å². The first kappa shape index (κ1) is 11.3. The van der Waals surface area contributed by atoms with Crippen molar-refractivity contribution >= 4 is 0 Å². The van der Waals surface area contributed by atoms with Crippen LogP contribution in [0.15, 0.2) is 0 Å². The molecule has 2 aliphatic rings. The van der Waals surface area contributed by atoms with Crippen LogP contribution in [0, 0.1) is 0 Å². The van der Waals surface area contributed by atoms with Crippen molar-refractivity contribution in [1.29, 1.82) is 0 Å². The van der Waals surface area contributed by atoms with Crippen LogP contribution < -0.4 is 10.7 Å². The molecule has 0 unspecified atom stereocenters. The van der Waals surface area contributed by atoms with Gasteiger partial charge in [-0.1, -0.05) is 0 Å². The summed E-state index contributed by atoms with van der Waals surface area (Å²) in [5.74, 6) is 0. The molecule has 0 atom stereocenters. The zero-order chi connectivity index (χ0) is 10.6. The fourth-order valence-electron chi connectivity index (χ4n) is 2.05. The van der Waals surface area contributed by atoms with Crippen LogP contribution >= 0.6 is 0 Å². The molecule has 88 valence electrons. The molecule has 15 heavy (non-hydrogen) atoms. The van der Waals surface area contributed by atoms with Crippen LogP contribution in [0.2, 0.25) is 0 Å². The highest BCUT2D eigenvalue weighted by molar-refractivity contribution is 4.85. The van der Waals surface area contributed by atoms with Crippen LogP contribution in [0.5, 0.6) is 0 Å². The van der Waals surface area contributed by atoms with E-state index in [1.165, 1.54) is 0 Å². The third-order valence-corrected chi connectivity index (χ3v) is 3.18. The molecule has 0 aromatic heterocycles. The lowest BCUT2D eigenvalue weighted by Crippen LogP contribution is -2.54. The summed E-state index contributed by atoms with van der Waals surface area (Å²) >= 11 is 0. The molecule has 2 fully saturated rings. The van der Waals surface area contributed by atoms with Crippen LogP contribution in [0.3, 0.4) is 0 Å². The fraction of sp³-hybridized carbons (Fsp3) is 1.00. The van der Waals surface area contributed by atoms with Gasteiger partial charge in [-0.25, -0.2) is 5.01 Å². The normalized spacial score (nSPS) is 27.8. The van der Waals surface area contributed by atoms with Gasteiger partial charge in [0.1, 0.15) is 0 Å². The standard InChI is InChI=1S/C10H21N3O2/c14-10(1-3-11-4-2-10)9-12-13-5-7-15-8-6-13/h11-12,14H,1-9H2. The van der Waals surface area contributed by atoms with Crippen LogP contribution in [0.25, 0.3) is 0 Å². The van der Waals surface area contributed by atoms with Crippen molar-refractivity contribution in [2.45, 2.75) is 18.4 Å². The number of aliphatic hydroxyl groups is 1. The summed E-state index contributed by atoms with van der Waals surface area (Å²) in [7, 11) is 0. The molecule has 5 nitrogen and oxygen atoms in total. The lowest BCUT2D eigenvalue weighted by Gasteiger charge is -2.36. The van der Waals surface area contributed by atoms with E-state index in [2.05, 4.69) is 15.8 Å². The second-order valence-corrected chi connectivity index (χ2v) is 4.41. The van der Waals surface area contributed by atoms with Gasteiger partial charge in [-0.15, -0.1) is 0 Å².